The highest BCUT2D eigenvalue weighted by atomic mass is 35.5. The van der Waals surface area contributed by atoms with Crippen molar-refractivity contribution >= 4 is 28.3 Å². The second kappa shape index (κ2) is 6.62. The molecule has 1 aliphatic rings. The van der Waals surface area contributed by atoms with Crippen molar-refractivity contribution in [2.75, 3.05) is 38.1 Å². The molecule has 0 N–H and O–H groups in total. The largest absolute Gasteiger partial charge is 0.353 e. The molecule has 3 aromatic rings. The molecule has 0 amide bonds. The Morgan fingerprint density at radius 1 is 0.960 bits per heavy atom. The van der Waals surface area contributed by atoms with Gasteiger partial charge < -0.3 is 9.80 Å². The second-order valence-corrected chi connectivity index (χ2v) is 7.07. The number of fused-ring (bicyclic) bond motifs is 1. The van der Waals surface area contributed by atoms with Crippen LogP contribution in [-0.4, -0.2) is 48.1 Å². The highest BCUT2D eigenvalue weighted by Crippen LogP contribution is 2.31. The van der Waals surface area contributed by atoms with E-state index in [1.807, 2.05) is 24.3 Å². The highest BCUT2D eigenvalue weighted by molar-refractivity contribution is 6.33. The average Bonchev–Trinajstić information content (AvgIpc) is 2.62. The molecule has 0 radical (unpaired) electrons. The van der Waals surface area contributed by atoms with Crippen LogP contribution in [0.1, 0.15) is 5.56 Å². The summed E-state index contributed by atoms with van der Waals surface area (Å²) in [5, 5.41) is 1.79. The van der Waals surface area contributed by atoms with Crippen LogP contribution in [0.5, 0.6) is 0 Å². The van der Waals surface area contributed by atoms with Gasteiger partial charge in [-0.25, -0.2) is 9.97 Å². The molecule has 0 saturated carbocycles. The topological polar surface area (TPSA) is 32.3 Å². The van der Waals surface area contributed by atoms with Crippen molar-refractivity contribution in [2.45, 2.75) is 6.92 Å². The number of hydrogen-bond donors (Lipinski definition) is 0. The summed E-state index contributed by atoms with van der Waals surface area (Å²) in [4.78, 5) is 14.4. The first-order chi connectivity index (χ1) is 12.1. The van der Waals surface area contributed by atoms with Gasteiger partial charge in [-0.1, -0.05) is 35.4 Å². The zero-order valence-corrected chi connectivity index (χ0v) is 15.3. The predicted molar refractivity (Wildman–Crippen MR) is 104 cm³/mol. The lowest BCUT2D eigenvalue weighted by Gasteiger charge is -2.34. The number of hydrogen-bond acceptors (Lipinski definition) is 4. The molecule has 4 rings (SSSR count). The van der Waals surface area contributed by atoms with E-state index in [-0.39, 0.29) is 0 Å². The Morgan fingerprint density at radius 2 is 1.72 bits per heavy atom. The first-order valence-corrected chi connectivity index (χ1v) is 8.96. The molecule has 2 heterocycles. The van der Waals surface area contributed by atoms with Crippen LogP contribution in [0.2, 0.25) is 5.02 Å². The number of aromatic nitrogens is 2. The summed E-state index contributed by atoms with van der Waals surface area (Å²) in [6.07, 6.45) is 0. The van der Waals surface area contributed by atoms with Crippen molar-refractivity contribution in [1.29, 1.82) is 0 Å². The van der Waals surface area contributed by atoms with Crippen molar-refractivity contribution in [3.8, 4) is 11.4 Å². The molecular weight excluding hydrogens is 332 g/mol. The lowest BCUT2D eigenvalue weighted by Crippen LogP contribution is -2.45. The Bertz CT molecular complexity index is 917. The maximum absolute atomic E-state index is 6.39. The summed E-state index contributed by atoms with van der Waals surface area (Å²) in [5.74, 6) is 1.70. The number of benzene rings is 2. The first kappa shape index (κ1) is 16.3. The van der Waals surface area contributed by atoms with Crippen LogP contribution < -0.4 is 4.90 Å². The molecule has 0 aliphatic carbocycles. The van der Waals surface area contributed by atoms with Crippen molar-refractivity contribution in [1.82, 2.24) is 14.9 Å². The maximum Gasteiger partial charge on any atom is 0.163 e. The molecule has 0 spiro atoms. The van der Waals surface area contributed by atoms with Gasteiger partial charge in [0.2, 0.25) is 0 Å². The van der Waals surface area contributed by atoms with E-state index in [9.17, 15) is 0 Å². The fourth-order valence-electron chi connectivity index (χ4n) is 3.25. The van der Waals surface area contributed by atoms with Crippen molar-refractivity contribution in [3.63, 3.8) is 0 Å². The number of halogens is 1. The molecule has 0 bridgehead atoms. The molecule has 1 saturated heterocycles. The standard InChI is InChI=1S/C20H21ClN4/c1-14-7-8-18-16(13-14)20(25-11-9-24(2)10-12-25)23-19(22-18)15-5-3-4-6-17(15)21/h3-8,13H,9-12H2,1-2H3. The van der Waals surface area contributed by atoms with Crippen LogP contribution in [0.3, 0.4) is 0 Å². The fourth-order valence-corrected chi connectivity index (χ4v) is 3.47. The number of likely N-dealkylation sites (N-methyl/N-ethyl adjacent to an activating group) is 1. The first-order valence-electron chi connectivity index (χ1n) is 8.58. The summed E-state index contributed by atoms with van der Waals surface area (Å²) >= 11 is 6.39. The molecule has 0 atom stereocenters. The minimum Gasteiger partial charge on any atom is -0.353 e. The molecule has 5 heteroatoms. The van der Waals surface area contributed by atoms with E-state index in [1.165, 1.54) is 5.56 Å². The van der Waals surface area contributed by atoms with Crippen molar-refractivity contribution < 1.29 is 0 Å². The molecule has 2 aromatic carbocycles. The van der Waals surface area contributed by atoms with Crippen LogP contribution in [-0.2, 0) is 0 Å². The minimum atomic E-state index is 0.679. The Kier molecular flexibility index (Phi) is 4.32. The van der Waals surface area contributed by atoms with Crippen molar-refractivity contribution in [2.24, 2.45) is 0 Å². The summed E-state index contributed by atoms with van der Waals surface area (Å²) in [6, 6.07) is 14.1. The lowest BCUT2D eigenvalue weighted by molar-refractivity contribution is 0.312. The van der Waals surface area contributed by atoms with Gasteiger partial charge in [-0.2, -0.15) is 0 Å². The molecule has 128 valence electrons. The lowest BCUT2D eigenvalue weighted by atomic mass is 10.1. The number of aryl methyl sites for hydroxylation is 1. The van der Waals surface area contributed by atoms with Crippen molar-refractivity contribution in [3.05, 3.63) is 53.1 Å². The summed E-state index contributed by atoms with van der Waals surface area (Å²) in [6.45, 7) is 6.13. The normalized spacial score (nSPS) is 15.7. The number of anilines is 1. The SMILES string of the molecule is Cc1ccc2nc(-c3ccccc3Cl)nc(N3CCN(C)CC3)c2c1. The molecule has 25 heavy (non-hydrogen) atoms. The van der Waals surface area contributed by atoms with E-state index in [4.69, 9.17) is 21.6 Å². The number of rotatable bonds is 2. The van der Waals surface area contributed by atoms with E-state index in [1.54, 1.807) is 0 Å². The van der Waals surface area contributed by atoms with Gasteiger partial charge in [-0.3, -0.25) is 0 Å². The Morgan fingerprint density at radius 3 is 2.48 bits per heavy atom. The Labute approximate surface area is 153 Å². The van der Waals surface area contributed by atoms with Crippen LogP contribution in [0.25, 0.3) is 22.3 Å². The predicted octanol–water partition coefficient (Wildman–Crippen LogP) is 4.01. The summed E-state index contributed by atoms with van der Waals surface area (Å²) in [5.41, 5.74) is 3.06. The van der Waals surface area contributed by atoms with Gasteiger partial charge in [0.1, 0.15) is 5.82 Å². The third kappa shape index (κ3) is 3.20. The van der Waals surface area contributed by atoms with E-state index in [0.29, 0.717) is 10.8 Å². The van der Waals surface area contributed by atoms with Gasteiger partial charge in [0, 0.05) is 37.1 Å². The zero-order chi connectivity index (χ0) is 17.4. The fraction of sp³-hybridized carbons (Fsp3) is 0.300. The summed E-state index contributed by atoms with van der Waals surface area (Å²) in [7, 11) is 2.16. The van der Waals surface area contributed by atoms with Crippen LogP contribution >= 0.6 is 11.6 Å². The highest BCUT2D eigenvalue weighted by Gasteiger charge is 2.20. The van der Waals surface area contributed by atoms with Crippen LogP contribution in [0.4, 0.5) is 5.82 Å². The molecule has 0 unspecified atom stereocenters. The Balaban J connectivity index is 1.89. The quantitative estimate of drug-likeness (QED) is 0.697. The minimum absolute atomic E-state index is 0.679. The molecule has 1 aliphatic heterocycles. The second-order valence-electron chi connectivity index (χ2n) is 6.66. The average molecular weight is 353 g/mol. The Hall–Kier alpha value is -2.17. The smallest absolute Gasteiger partial charge is 0.163 e. The molecule has 1 aromatic heterocycles. The van der Waals surface area contributed by atoms with Gasteiger partial charge in [0.25, 0.3) is 0 Å². The third-order valence-electron chi connectivity index (χ3n) is 4.75. The molecule has 4 nitrogen and oxygen atoms in total. The van der Waals surface area contributed by atoms with E-state index in [0.717, 1.165) is 48.5 Å². The number of nitrogens with zero attached hydrogens (tertiary/aromatic N) is 4. The molecular formula is C20H21ClN4. The van der Waals surface area contributed by atoms with Crippen LogP contribution in [0.15, 0.2) is 42.5 Å². The third-order valence-corrected chi connectivity index (χ3v) is 5.08. The van der Waals surface area contributed by atoms with E-state index in [2.05, 4.69) is 42.0 Å². The van der Waals surface area contributed by atoms with Crippen LogP contribution in [0, 0.1) is 6.92 Å². The van der Waals surface area contributed by atoms with Gasteiger partial charge in [-0.05, 0) is 38.2 Å². The maximum atomic E-state index is 6.39. The zero-order valence-electron chi connectivity index (χ0n) is 14.5. The van der Waals surface area contributed by atoms with E-state index < -0.39 is 0 Å². The van der Waals surface area contributed by atoms with Gasteiger partial charge >= 0.3 is 0 Å². The van der Waals surface area contributed by atoms with Gasteiger partial charge in [-0.15, -0.1) is 0 Å². The monoisotopic (exact) mass is 352 g/mol. The van der Waals surface area contributed by atoms with Gasteiger partial charge in [0.05, 0.1) is 10.5 Å². The molecule has 1 fully saturated rings. The summed E-state index contributed by atoms with van der Waals surface area (Å²) < 4.78 is 0. The van der Waals surface area contributed by atoms with Gasteiger partial charge in [0.15, 0.2) is 5.82 Å². The number of piperazine rings is 1. The van der Waals surface area contributed by atoms with E-state index >= 15 is 0 Å².